The van der Waals surface area contributed by atoms with Gasteiger partial charge in [0.1, 0.15) is 0 Å². The van der Waals surface area contributed by atoms with Gasteiger partial charge in [0, 0.05) is 30.1 Å². The zero-order valence-corrected chi connectivity index (χ0v) is 12.8. The summed E-state index contributed by atoms with van der Waals surface area (Å²) >= 11 is 1.86. The number of nitrogens with one attached hydrogen (secondary N) is 1. The summed E-state index contributed by atoms with van der Waals surface area (Å²) in [5, 5.41) is 4.75. The predicted molar refractivity (Wildman–Crippen MR) is 78.3 cm³/mol. The van der Waals surface area contributed by atoms with Crippen molar-refractivity contribution in [1.82, 2.24) is 15.2 Å². The van der Waals surface area contributed by atoms with E-state index in [0.717, 1.165) is 12.6 Å². The normalized spacial score (nSPS) is 20.2. The fourth-order valence-electron chi connectivity index (χ4n) is 2.88. The lowest BCUT2D eigenvalue weighted by molar-refractivity contribution is 0.155. The van der Waals surface area contributed by atoms with Crippen LogP contribution in [0.15, 0.2) is 0 Å². The van der Waals surface area contributed by atoms with Gasteiger partial charge in [-0.2, -0.15) is 0 Å². The molecule has 2 rings (SSSR count). The van der Waals surface area contributed by atoms with Crippen molar-refractivity contribution >= 4 is 11.3 Å². The van der Waals surface area contributed by atoms with Gasteiger partial charge in [-0.25, -0.2) is 4.98 Å². The predicted octanol–water partition coefficient (Wildman–Crippen LogP) is 2.89. The first-order valence-corrected chi connectivity index (χ1v) is 7.84. The molecule has 1 aliphatic heterocycles. The number of nitrogens with zero attached hydrogens (tertiary/aromatic N) is 2. The summed E-state index contributed by atoms with van der Waals surface area (Å²) in [6.45, 7) is 12.3. The monoisotopic (exact) mass is 267 g/mol. The van der Waals surface area contributed by atoms with Crippen LogP contribution in [0.2, 0.25) is 0 Å². The maximum atomic E-state index is 4.55. The molecule has 0 amide bonds. The summed E-state index contributed by atoms with van der Waals surface area (Å²) < 4.78 is 0. The zero-order valence-electron chi connectivity index (χ0n) is 12.0. The number of aromatic nitrogens is 1. The molecule has 0 aliphatic carbocycles. The van der Waals surface area contributed by atoms with Crippen LogP contribution in [-0.2, 0) is 0 Å². The Hall–Kier alpha value is -0.450. The summed E-state index contributed by atoms with van der Waals surface area (Å²) in [6, 6.07) is 1.25. The molecule has 0 bridgehead atoms. The second-order valence-corrected chi connectivity index (χ2v) is 6.46. The van der Waals surface area contributed by atoms with Crippen LogP contribution in [0, 0.1) is 13.8 Å². The number of hydrogen-bond donors (Lipinski definition) is 1. The van der Waals surface area contributed by atoms with E-state index in [4.69, 9.17) is 0 Å². The Bertz CT molecular complexity index is 380. The standard InChI is InChI=1S/C14H25N3S/c1-5-15-13-6-8-17(9-7-13)11(3)14-10(2)16-12(4)18-14/h11,13,15H,5-9H2,1-4H3. The minimum atomic E-state index is 0.527. The second-order valence-electron chi connectivity index (χ2n) is 5.23. The number of thiazole rings is 1. The quantitative estimate of drug-likeness (QED) is 0.909. The molecule has 4 heteroatoms. The number of rotatable bonds is 4. The topological polar surface area (TPSA) is 28.2 Å². The maximum absolute atomic E-state index is 4.55. The highest BCUT2D eigenvalue weighted by atomic mass is 32.1. The summed E-state index contributed by atoms with van der Waals surface area (Å²) in [5.41, 5.74) is 1.22. The van der Waals surface area contributed by atoms with E-state index in [0.29, 0.717) is 6.04 Å². The number of hydrogen-bond acceptors (Lipinski definition) is 4. The van der Waals surface area contributed by atoms with Crippen LogP contribution >= 0.6 is 11.3 Å². The summed E-state index contributed by atoms with van der Waals surface area (Å²) in [5.74, 6) is 0. The van der Waals surface area contributed by atoms with Crippen LogP contribution in [-0.4, -0.2) is 35.6 Å². The number of piperidine rings is 1. The highest BCUT2D eigenvalue weighted by molar-refractivity contribution is 7.11. The fraction of sp³-hybridized carbons (Fsp3) is 0.786. The van der Waals surface area contributed by atoms with E-state index in [1.165, 1.54) is 41.5 Å². The van der Waals surface area contributed by atoms with Crippen LogP contribution in [0.1, 0.15) is 48.3 Å². The molecule has 0 aromatic carbocycles. The van der Waals surface area contributed by atoms with Crippen molar-refractivity contribution in [3.05, 3.63) is 15.6 Å². The van der Waals surface area contributed by atoms with Crippen LogP contribution < -0.4 is 5.32 Å². The lowest BCUT2D eigenvalue weighted by atomic mass is 10.0. The first-order chi connectivity index (χ1) is 8.61. The van der Waals surface area contributed by atoms with Crippen LogP contribution in [0.5, 0.6) is 0 Å². The van der Waals surface area contributed by atoms with E-state index in [9.17, 15) is 0 Å². The van der Waals surface area contributed by atoms with E-state index < -0.39 is 0 Å². The third-order valence-corrected chi connectivity index (χ3v) is 5.13. The molecule has 2 heterocycles. The van der Waals surface area contributed by atoms with Gasteiger partial charge in [0.2, 0.25) is 0 Å². The molecule has 1 fully saturated rings. The average Bonchev–Trinajstić information content (AvgIpc) is 2.69. The molecule has 0 radical (unpaired) electrons. The summed E-state index contributed by atoms with van der Waals surface area (Å²) in [4.78, 5) is 8.61. The van der Waals surface area contributed by atoms with E-state index in [1.54, 1.807) is 0 Å². The van der Waals surface area contributed by atoms with Gasteiger partial charge in [-0.05, 0) is 40.2 Å². The molecular weight excluding hydrogens is 242 g/mol. The van der Waals surface area contributed by atoms with Crippen molar-refractivity contribution in [2.75, 3.05) is 19.6 Å². The van der Waals surface area contributed by atoms with Crippen LogP contribution in [0.25, 0.3) is 0 Å². The van der Waals surface area contributed by atoms with Gasteiger partial charge in [-0.1, -0.05) is 6.92 Å². The lowest BCUT2D eigenvalue weighted by Gasteiger charge is -2.36. The Morgan fingerprint density at radius 2 is 2.06 bits per heavy atom. The zero-order chi connectivity index (χ0) is 13.1. The van der Waals surface area contributed by atoms with Gasteiger partial charge in [0.25, 0.3) is 0 Å². The molecule has 3 nitrogen and oxygen atoms in total. The maximum Gasteiger partial charge on any atom is 0.0900 e. The van der Waals surface area contributed by atoms with Crippen molar-refractivity contribution in [1.29, 1.82) is 0 Å². The average molecular weight is 267 g/mol. The third kappa shape index (κ3) is 3.11. The lowest BCUT2D eigenvalue weighted by Crippen LogP contribution is -2.43. The van der Waals surface area contributed by atoms with E-state index in [-0.39, 0.29) is 0 Å². The van der Waals surface area contributed by atoms with Gasteiger partial charge < -0.3 is 5.32 Å². The second kappa shape index (κ2) is 6.13. The van der Waals surface area contributed by atoms with Crippen molar-refractivity contribution in [3.8, 4) is 0 Å². The SMILES string of the molecule is CCNC1CCN(C(C)c2sc(C)nc2C)CC1. The smallest absolute Gasteiger partial charge is 0.0900 e. The highest BCUT2D eigenvalue weighted by Crippen LogP contribution is 2.30. The van der Waals surface area contributed by atoms with Gasteiger partial charge in [0.15, 0.2) is 0 Å². The van der Waals surface area contributed by atoms with Crippen molar-refractivity contribution in [2.45, 2.75) is 52.6 Å². The first kappa shape index (κ1) is 14.0. The van der Waals surface area contributed by atoms with Gasteiger partial charge in [-0.15, -0.1) is 11.3 Å². The molecular formula is C14H25N3S. The Morgan fingerprint density at radius 3 is 2.56 bits per heavy atom. The van der Waals surface area contributed by atoms with Gasteiger partial charge in [-0.3, -0.25) is 4.90 Å². The Labute approximate surface area is 115 Å². The summed E-state index contributed by atoms with van der Waals surface area (Å²) in [6.07, 6.45) is 2.55. The minimum Gasteiger partial charge on any atom is -0.314 e. The van der Waals surface area contributed by atoms with Crippen molar-refractivity contribution in [2.24, 2.45) is 0 Å². The highest BCUT2D eigenvalue weighted by Gasteiger charge is 2.25. The Kier molecular flexibility index (Phi) is 4.76. The molecule has 18 heavy (non-hydrogen) atoms. The molecule has 1 aliphatic rings. The van der Waals surface area contributed by atoms with Crippen LogP contribution in [0.3, 0.4) is 0 Å². The van der Waals surface area contributed by atoms with E-state index in [1.807, 2.05) is 11.3 Å². The third-order valence-electron chi connectivity index (χ3n) is 3.89. The largest absolute Gasteiger partial charge is 0.314 e. The number of aryl methyl sites for hydroxylation is 2. The molecule has 1 unspecified atom stereocenters. The molecule has 1 aromatic heterocycles. The molecule has 1 atom stereocenters. The van der Waals surface area contributed by atoms with E-state index in [2.05, 4.69) is 42.9 Å². The van der Waals surface area contributed by atoms with Crippen LogP contribution in [0.4, 0.5) is 0 Å². The molecule has 0 saturated carbocycles. The first-order valence-electron chi connectivity index (χ1n) is 7.03. The fourth-order valence-corrected chi connectivity index (χ4v) is 3.89. The van der Waals surface area contributed by atoms with Gasteiger partial charge in [0.05, 0.1) is 10.7 Å². The molecule has 1 saturated heterocycles. The Morgan fingerprint density at radius 1 is 1.39 bits per heavy atom. The van der Waals surface area contributed by atoms with E-state index >= 15 is 0 Å². The van der Waals surface area contributed by atoms with Crippen molar-refractivity contribution in [3.63, 3.8) is 0 Å². The number of likely N-dealkylation sites (tertiary alicyclic amines) is 1. The molecule has 102 valence electrons. The molecule has 1 N–H and O–H groups in total. The molecule has 1 aromatic rings. The minimum absolute atomic E-state index is 0.527. The summed E-state index contributed by atoms with van der Waals surface area (Å²) in [7, 11) is 0. The van der Waals surface area contributed by atoms with Gasteiger partial charge >= 0.3 is 0 Å². The Balaban J connectivity index is 1.95. The van der Waals surface area contributed by atoms with Crippen molar-refractivity contribution < 1.29 is 0 Å². The molecule has 0 spiro atoms.